The van der Waals surface area contributed by atoms with E-state index in [1.165, 1.54) is 31.6 Å². The Morgan fingerprint density at radius 1 is 1.12 bits per heavy atom. The molecule has 4 rings (SSSR count). The van der Waals surface area contributed by atoms with E-state index in [1.54, 1.807) is 40.9 Å². The molecule has 0 aliphatic carbocycles. The number of nitrogens with one attached hydrogen (secondary N) is 2. The average molecular weight is 469 g/mol. The predicted molar refractivity (Wildman–Crippen MR) is 121 cm³/mol. The number of anilines is 1. The average Bonchev–Trinajstić information content (AvgIpc) is 3.41. The van der Waals surface area contributed by atoms with Crippen LogP contribution >= 0.6 is 11.3 Å². The summed E-state index contributed by atoms with van der Waals surface area (Å²) in [6.45, 7) is 0.201. The van der Waals surface area contributed by atoms with Crippen molar-refractivity contribution in [1.82, 2.24) is 19.9 Å². The largest absolute Gasteiger partial charge is 0.497 e. The molecule has 170 valence electrons. The number of rotatable bonds is 7. The van der Waals surface area contributed by atoms with Crippen LogP contribution in [0.15, 0.2) is 47.8 Å². The Morgan fingerprint density at radius 2 is 1.94 bits per heavy atom. The summed E-state index contributed by atoms with van der Waals surface area (Å²) in [5.74, 6) is -0.792. The summed E-state index contributed by atoms with van der Waals surface area (Å²) in [6, 6.07) is 11.1. The SMILES string of the molecule is COc1ccc(NC(=O)C(=O)NCCc2csc3nc(-c4ccccc4F)nn23)c(OC)c1. The number of amides is 2. The second-order valence-corrected chi connectivity index (χ2v) is 7.70. The molecule has 0 radical (unpaired) electrons. The second kappa shape index (κ2) is 9.65. The Kier molecular flexibility index (Phi) is 6.50. The van der Waals surface area contributed by atoms with Crippen molar-refractivity contribution < 1.29 is 23.5 Å². The lowest BCUT2D eigenvalue weighted by molar-refractivity contribution is -0.136. The Bertz CT molecular complexity index is 1320. The Labute approximate surface area is 192 Å². The van der Waals surface area contributed by atoms with E-state index in [0.29, 0.717) is 34.1 Å². The minimum absolute atomic E-state index is 0.201. The summed E-state index contributed by atoms with van der Waals surface area (Å²) in [4.78, 5) is 29.5. The number of hydrogen-bond donors (Lipinski definition) is 2. The van der Waals surface area contributed by atoms with Crippen molar-refractivity contribution in [1.29, 1.82) is 0 Å². The summed E-state index contributed by atoms with van der Waals surface area (Å²) in [5, 5.41) is 11.3. The summed E-state index contributed by atoms with van der Waals surface area (Å²) in [6.07, 6.45) is 0.408. The van der Waals surface area contributed by atoms with Crippen molar-refractivity contribution in [3.63, 3.8) is 0 Å². The molecule has 2 heterocycles. The number of nitrogens with zero attached hydrogens (tertiary/aromatic N) is 3. The molecule has 2 aromatic carbocycles. The van der Waals surface area contributed by atoms with Crippen molar-refractivity contribution in [3.05, 3.63) is 59.4 Å². The number of thiazole rings is 1. The fourth-order valence-corrected chi connectivity index (χ4v) is 3.97. The van der Waals surface area contributed by atoms with Crippen LogP contribution in [0.1, 0.15) is 5.69 Å². The number of hydrogen-bond acceptors (Lipinski definition) is 7. The van der Waals surface area contributed by atoms with Crippen LogP contribution in [0.2, 0.25) is 0 Å². The molecule has 4 aromatic rings. The molecule has 0 unspecified atom stereocenters. The minimum Gasteiger partial charge on any atom is -0.497 e. The van der Waals surface area contributed by atoms with Crippen LogP contribution in [0.25, 0.3) is 16.3 Å². The third-order valence-electron chi connectivity index (χ3n) is 4.79. The molecule has 9 nitrogen and oxygen atoms in total. The van der Waals surface area contributed by atoms with Crippen LogP contribution in [0, 0.1) is 5.82 Å². The zero-order valence-corrected chi connectivity index (χ0v) is 18.6. The van der Waals surface area contributed by atoms with Crippen molar-refractivity contribution in [3.8, 4) is 22.9 Å². The lowest BCUT2D eigenvalue weighted by atomic mass is 10.2. The van der Waals surface area contributed by atoms with Crippen LogP contribution in [0.5, 0.6) is 11.5 Å². The van der Waals surface area contributed by atoms with Gasteiger partial charge < -0.3 is 20.1 Å². The van der Waals surface area contributed by atoms with Gasteiger partial charge in [-0.25, -0.2) is 8.91 Å². The lowest BCUT2D eigenvalue weighted by Gasteiger charge is -2.11. The van der Waals surface area contributed by atoms with Gasteiger partial charge in [-0.15, -0.1) is 16.4 Å². The maximum atomic E-state index is 14.0. The van der Waals surface area contributed by atoms with E-state index in [-0.39, 0.29) is 12.4 Å². The molecule has 0 fully saturated rings. The highest BCUT2D eigenvalue weighted by atomic mass is 32.1. The lowest BCUT2D eigenvalue weighted by Crippen LogP contribution is -2.36. The van der Waals surface area contributed by atoms with Gasteiger partial charge in [-0.1, -0.05) is 12.1 Å². The second-order valence-electron chi connectivity index (χ2n) is 6.86. The summed E-state index contributed by atoms with van der Waals surface area (Å²) in [7, 11) is 2.97. The maximum Gasteiger partial charge on any atom is 0.313 e. The van der Waals surface area contributed by atoms with Gasteiger partial charge in [-0.05, 0) is 24.3 Å². The van der Waals surface area contributed by atoms with E-state index in [1.807, 2.05) is 5.38 Å². The topological polar surface area (TPSA) is 107 Å². The quantitative estimate of drug-likeness (QED) is 0.403. The molecule has 0 spiro atoms. The number of benzene rings is 2. The number of carbonyl (C=O) groups excluding carboxylic acids is 2. The highest BCUT2D eigenvalue weighted by Gasteiger charge is 2.17. The summed E-state index contributed by atoms with van der Waals surface area (Å²) in [5.41, 5.74) is 1.45. The highest BCUT2D eigenvalue weighted by Crippen LogP contribution is 2.29. The van der Waals surface area contributed by atoms with Gasteiger partial charge in [-0.2, -0.15) is 4.98 Å². The van der Waals surface area contributed by atoms with E-state index in [2.05, 4.69) is 20.7 Å². The number of methoxy groups -OCH3 is 2. The molecule has 2 aromatic heterocycles. The minimum atomic E-state index is -0.823. The van der Waals surface area contributed by atoms with E-state index < -0.39 is 17.6 Å². The fourth-order valence-electron chi connectivity index (χ4n) is 3.12. The normalized spacial score (nSPS) is 10.8. The molecule has 11 heteroatoms. The van der Waals surface area contributed by atoms with Crippen LogP contribution in [0.4, 0.5) is 10.1 Å². The first-order valence-electron chi connectivity index (χ1n) is 9.89. The van der Waals surface area contributed by atoms with E-state index in [0.717, 1.165) is 5.69 Å². The van der Waals surface area contributed by atoms with E-state index >= 15 is 0 Å². The third kappa shape index (κ3) is 4.77. The van der Waals surface area contributed by atoms with Crippen molar-refractivity contribution in [2.75, 3.05) is 26.1 Å². The fraction of sp³-hybridized carbons (Fsp3) is 0.182. The van der Waals surface area contributed by atoms with Gasteiger partial charge >= 0.3 is 11.8 Å². The summed E-state index contributed by atoms with van der Waals surface area (Å²) < 4.78 is 26.0. The highest BCUT2D eigenvalue weighted by molar-refractivity contribution is 7.15. The van der Waals surface area contributed by atoms with Gasteiger partial charge in [0.2, 0.25) is 4.96 Å². The summed E-state index contributed by atoms with van der Waals surface area (Å²) >= 11 is 1.36. The zero-order valence-electron chi connectivity index (χ0n) is 17.8. The van der Waals surface area contributed by atoms with Gasteiger partial charge in [0, 0.05) is 24.4 Å². The molecule has 0 aliphatic heterocycles. The Morgan fingerprint density at radius 3 is 2.70 bits per heavy atom. The Hall–Kier alpha value is -3.99. The number of carbonyl (C=O) groups is 2. The molecule has 0 atom stereocenters. The van der Waals surface area contributed by atoms with Gasteiger partial charge in [0.1, 0.15) is 17.3 Å². The molecular weight excluding hydrogens is 449 g/mol. The van der Waals surface area contributed by atoms with Crippen molar-refractivity contribution in [2.45, 2.75) is 6.42 Å². The number of ether oxygens (including phenoxy) is 2. The van der Waals surface area contributed by atoms with Crippen LogP contribution in [0.3, 0.4) is 0 Å². The number of halogens is 1. The molecule has 0 bridgehead atoms. The molecule has 33 heavy (non-hydrogen) atoms. The van der Waals surface area contributed by atoms with Gasteiger partial charge in [0.05, 0.1) is 31.2 Å². The number of fused-ring (bicyclic) bond motifs is 1. The van der Waals surface area contributed by atoms with Gasteiger partial charge in [0.15, 0.2) is 5.82 Å². The monoisotopic (exact) mass is 469 g/mol. The van der Waals surface area contributed by atoms with Crippen molar-refractivity contribution >= 4 is 33.8 Å². The first kappa shape index (κ1) is 22.2. The van der Waals surface area contributed by atoms with E-state index in [9.17, 15) is 14.0 Å². The van der Waals surface area contributed by atoms with Crippen LogP contribution in [-0.4, -0.2) is 47.2 Å². The van der Waals surface area contributed by atoms with Crippen molar-refractivity contribution in [2.24, 2.45) is 0 Å². The van der Waals surface area contributed by atoms with Gasteiger partial charge in [-0.3, -0.25) is 9.59 Å². The molecule has 0 saturated carbocycles. The van der Waals surface area contributed by atoms with Gasteiger partial charge in [0.25, 0.3) is 0 Å². The molecule has 2 amide bonds. The molecule has 0 aliphatic rings. The smallest absolute Gasteiger partial charge is 0.313 e. The van der Waals surface area contributed by atoms with E-state index in [4.69, 9.17) is 9.47 Å². The number of aromatic nitrogens is 3. The van der Waals surface area contributed by atoms with Crippen LogP contribution in [-0.2, 0) is 16.0 Å². The zero-order chi connectivity index (χ0) is 23.4. The van der Waals surface area contributed by atoms with Crippen LogP contribution < -0.4 is 20.1 Å². The molecule has 0 saturated heterocycles. The first-order valence-corrected chi connectivity index (χ1v) is 10.8. The first-order chi connectivity index (χ1) is 16.0. The third-order valence-corrected chi connectivity index (χ3v) is 5.66. The molecular formula is C22H20FN5O4S. The predicted octanol–water partition coefficient (Wildman–Crippen LogP) is 2.91. The molecule has 2 N–H and O–H groups in total. The Balaban J connectivity index is 1.37. The standard InChI is InChI=1S/C22H20FN5O4S/c1-31-14-7-8-17(18(11-14)32-2)25-21(30)20(29)24-10-9-13-12-33-22-26-19(27-28(13)22)15-5-3-4-6-16(15)23/h3-8,11-12H,9-10H2,1-2H3,(H,24,29)(H,25,30). The maximum absolute atomic E-state index is 14.0.